The lowest BCUT2D eigenvalue weighted by Crippen LogP contribution is -2.27. The Morgan fingerprint density at radius 3 is 2.84 bits per heavy atom. The molecule has 1 N–H and O–H groups in total. The summed E-state index contributed by atoms with van der Waals surface area (Å²) in [6.45, 7) is 3.82. The van der Waals surface area contributed by atoms with Gasteiger partial charge in [0.25, 0.3) is 0 Å². The van der Waals surface area contributed by atoms with Crippen LogP contribution in [0.2, 0.25) is 0 Å². The predicted molar refractivity (Wildman–Crippen MR) is 129 cm³/mol. The standard InChI is InChI=1S/C27H29N3O2/c1-18-24(11-13-30(2)17-19-6-7-20-10-12-28-16-22(20)14-19)25-15-23(8-9-26(25)32-18)29-27(31)21-4-3-5-21/h6-10,12,14-16,21H,3-5,11,13,17H2,1-2H3,(H,29,31). The van der Waals surface area contributed by atoms with E-state index in [0.717, 1.165) is 61.2 Å². The van der Waals surface area contributed by atoms with Gasteiger partial charge < -0.3 is 14.6 Å². The Morgan fingerprint density at radius 2 is 2.03 bits per heavy atom. The number of aromatic nitrogens is 1. The van der Waals surface area contributed by atoms with E-state index in [2.05, 4.69) is 46.5 Å². The Kier molecular flexibility index (Phi) is 5.66. The highest BCUT2D eigenvalue weighted by atomic mass is 16.3. The van der Waals surface area contributed by atoms with Crippen molar-refractivity contribution in [3.63, 3.8) is 0 Å². The number of furan rings is 1. The van der Waals surface area contributed by atoms with Crippen LogP contribution in [0.4, 0.5) is 5.69 Å². The topological polar surface area (TPSA) is 58.4 Å². The van der Waals surface area contributed by atoms with Gasteiger partial charge in [0.05, 0.1) is 0 Å². The van der Waals surface area contributed by atoms with Crippen LogP contribution in [0, 0.1) is 12.8 Å². The van der Waals surface area contributed by atoms with Crippen molar-refractivity contribution in [1.82, 2.24) is 9.88 Å². The minimum absolute atomic E-state index is 0.141. The first-order chi connectivity index (χ1) is 15.6. The van der Waals surface area contributed by atoms with Gasteiger partial charge in [-0.1, -0.05) is 18.6 Å². The largest absolute Gasteiger partial charge is 0.461 e. The Balaban J connectivity index is 1.27. The minimum Gasteiger partial charge on any atom is -0.461 e. The number of pyridine rings is 1. The molecule has 1 fully saturated rings. The van der Waals surface area contributed by atoms with Gasteiger partial charge in [0.2, 0.25) is 5.91 Å². The number of anilines is 1. The summed E-state index contributed by atoms with van der Waals surface area (Å²) < 4.78 is 6.00. The van der Waals surface area contributed by atoms with Crippen LogP contribution in [-0.2, 0) is 17.8 Å². The second-order valence-electron chi connectivity index (χ2n) is 9.01. The molecule has 4 aromatic rings. The summed E-state index contributed by atoms with van der Waals surface area (Å²) in [7, 11) is 2.15. The minimum atomic E-state index is 0.141. The number of carbonyl (C=O) groups is 1. The average Bonchev–Trinajstić information content (AvgIpc) is 3.05. The summed E-state index contributed by atoms with van der Waals surface area (Å²) >= 11 is 0. The molecule has 1 saturated carbocycles. The monoisotopic (exact) mass is 427 g/mol. The van der Waals surface area contributed by atoms with Crippen molar-refractivity contribution in [2.24, 2.45) is 5.92 Å². The third-order valence-electron chi connectivity index (χ3n) is 6.64. The number of nitrogens with zero attached hydrogens (tertiary/aromatic N) is 2. The molecule has 0 bridgehead atoms. The van der Waals surface area contributed by atoms with Crippen LogP contribution in [0.25, 0.3) is 21.7 Å². The number of carbonyl (C=O) groups excluding carboxylic acids is 1. The summed E-state index contributed by atoms with van der Waals surface area (Å²) in [5, 5.41) is 6.57. The summed E-state index contributed by atoms with van der Waals surface area (Å²) in [6.07, 6.45) is 7.81. The number of fused-ring (bicyclic) bond motifs is 2. The van der Waals surface area contributed by atoms with E-state index in [1.165, 1.54) is 21.9 Å². The molecule has 0 atom stereocenters. The van der Waals surface area contributed by atoms with Crippen molar-refractivity contribution in [3.05, 3.63) is 71.7 Å². The normalized spacial score (nSPS) is 14.2. The van der Waals surface area contributed by atoms with E-state index in [-0.39, 0.29) is 11.8 Å². The number of likely N-dealkylation sites (N-methyl/N-ethyl adjacent to an activating group) is 1. The fraction of sp³-hybridized carbons (Fsp3) is 0.333. The Hall–Kier alpha value is -3.18. The molecule has 5 rings (SSSR count). The first-order valence-electron chi connectivity index (χ1n) is 11.4. The number of rotatable bonds is 7. The summed E-state index contributed by atoms with van der Waals surface area (Å²) in [4.78, 5) is 18.9. The summed E-state index contributed by atoms with van der Waals surface area (Å²) in [6, 6.07) is 14.6. The lowest BCUT2D eigenvalue weighted by molar-refractivity contribution is -0.122. The van der Waals surface area contributed by atoms with Gasteiger partial charge in [0.1, 0.15) is 11.3 Å². The Morgan fingerprint density at radius 1 is 1.16 bits per heavy atom. The van der Waals surface area contributed by atoms with Gasteiger partial charge in [-0.05, 0) is 74.5 Å². The van der Waals surface area contributed by atoms with E-state index in [4.69, 9.17) is 4.42 Å². The van der Waals surface area contributed by atoms with Crippen LogP contribution < -0.4 is 5.32 Å². The lowest BCUT2D eigenvalue weighted by atomic mass is 9.85. The van der Waals surface area contributed by atoms with Crippen LogP contribution in [0.15, 0.2) is 59.3 Å². The Labute approximate surface area is 188 Å². The van der Waals surface area contributed by atoms with Gasteiger partial charge in [0, 0.05) is 53.4 Å². The second-order valence-corrected chi connectivity index (χ2v) is 9.01. The fourth-order valence-electron chi connectivity index (χ4n) is 4.50. The highest BCUT2D eigenvalue weighted by Gasteiger charge is 2.25. The van der Waals surface area contributed by atoms with E-state index >= 15 is 0 Å². The van der Waals surface area contributed by atoms with E-state index in [9.17, 15) is 4.79 Å². The number of nitrogens with one attached hydrogen (secondary N) is 1. The van der Waals surface area contributed by atoms with Crippen molar-refractivity contribution in [1.29, 1.82) is 0 Å². The van der Waals surface area contributed by atoms with Crippen LogP contribution in [0.1, 0.15) is 36.1 Å². The molecule has 2 aromatic carbocycles. The van der Waals surface area contributed by atoms with E-state index in [1.54, 1.807) is 0 Å². The first kappa shape index (κ1) is 20.7. The number of benzene rings is 2. The number of hydrogen-bond acceptors (Lipinski definition) is 4. The maximum Gasteiger partial charge on any atom is 0.227 e. The molecule has 1 amide bonds. The Bertz CT molecular complexity index is 1270. The molecule has 5 heteroatoms. The quantitative estimate of drug-likeness (QED) is 0.411. The van der Waals surface area contributed by atoms with Crippen molar-refractivity contribution in [2.75, 3.05) is 18.9 Å². The predicted octanol–water partition coefficient (Wildman–Crippen LogP) is 5.70. The summed E-state index contributed by atoms with van der Waals surface area (Å²) in [5.41, 5.74) is 4.23. The second kappa shape index (κ2) is 8.75. The van der Waals surface area contributed by atoms with Gasteiger partial charge in [-0.15, -0.1) is 0 Å². The third kappa shape index (κ3) is 4.26. The molecule has 0 spiro atoms. The smallest absolute Gasteiger partial charge is 0.227 e. The average molecular weight is 428 g/mol. The fourth-order valence-corrected chi connectivity index (χ4v) is 4.50. The number of hydrogen-bond donors (Lipinski definition) is 1. The molecule has 0 radical (unpaired) electrons. The SMILES string of the molecule is Cc1oc2ccc(NC(=O)C3CCC3)cc2c1CCN(C)Cc1ccc2ccncc2c1. The highest BCUT2D eigenvalue weighted by molar-refractivity contribution is 5.96. The van der Waals surface area contributed by atoms with E-state index in [1.807, 2.05) is 37.5 Å². The third-order valence-corrected chi connectivity index (χ3v) is 6.64. The van der Waals surface area contributed by atoms with Gasteiger partial charge >= 0.3 is 0 Å². The molecule has 0 unspecified atom stereocenters. The molecule has 1 aliphatic carbocycles. The van der Waals surface area contributed by atoms with Gasteiger partial charge in [0.15, 0.2) is 0 Å². The van der Waals surface area contributed by atoms with Crippen molar-refractivity contribution >= 4 is 33.3 Å². The first-order valence-corrected chi connectivity index (χ1v) is 11.4. The van der Waals surface area contributed by atoms with Crippen molar-refractivity contribution in [2.45, 2.75) is 39.2 Å². The maximum atomic E-state index is 12.3. The van der Waals surface area contributed by atoms with Gasteiger partial charge in [-0.2, -0.15) is 0 Å². The molecule has 32 heavy (non-hydrogen) atoms. The zero-order valence-electron chi connectivity index (χ0n) is 18.7. The molecular formula is C27H29N3O2. The van der Waals surface area contributed by atoms with E-state index < -0.39 is 0 Å². The van der Waals surface area contributed by atoms with Crippen molar-refractivity contribution in [3.8, 4) is 0 Å². The van der Waals surface area contributed by atoms with Crippen LogP contribution in [0.3, 0.4) is 0 Å². The molecular weight excluding hydrogens is 398 g/mol. The zero-order chi connectivity index (χ0) is 22.1. The highest BCUT2D eigenvalue weighted by Crippen LogP contribution is 2.31. The van der Waals surface area contributed by atoms with Crippen LogP contribution in [0.5, 0.6) is 0 Å². The molecule has 2 heterocycles. The molecule has 0 saturated heterocycles. The molecule has 5 nitrogen and oxygen atoms in total. The number of amides is 1. The maximum absolute atomic E-state index is 12.3. The van der Waals surface area contributed by atoms with Gasteiger partial charge in [-0.3, -0.25) is 9.78 Å². The van der Waals surface area contributed by atoms with Crippen LogP contribution >= 0.6 is 0 Å². The van der Waals surface area contributed by atoms with Crippen LogP contribution in [-0.4, -0.2) is 29.4 Å². The van der Waals surface area contributed by atoms with Gasteiger partial charge in [-0.25, -0.2) is 0 Å². The summed E-state index contributed by atoms with van der Waals surface area (Å²) in [5.74, 6) is 1.27. The molecule has 164 valence electrons. The molecule has 1 aliphatic rings. The molecule has 2 aromatic heterocycles. The van der Waals surface area contributed by atoms with E-state index in [0.29, 0.717) is 0 Å². The van der Waals surface area contributed by atoms with Crippen molar-refractivity contribution < 1.29 is 9.21 Å². The molecule has 0 aliphatic heterocycles. The lowest BCUT2D eigenvalue weighted by Gasteiger charge is -2.24. The number of aryl methyl sites for hydroxylation is 1. The zero-order valence-corrected chi connectivity index (χ0v) is 18.7.